The van der Waals surface area contributed by atoms with Crippen LogP contribution in [0.2, 0.25) is 0 Å². The van der Waals surface area contributed by atoms with E-state index in [0.29, 0.717) is 55.4 Å². The minimum absolute atomic E-state index is 0.282. The van der Waals surface area contributed by atoms with Crippen molar-refractivity contribution in [1.82, 2.24) is 20.6 Å². The van der Waals surface area contributed by atoms with Crippen molar-refractivity contribution < 1.29 is 18.0 Å². The lowest BCUT2D eigenvalue weighted by molar-refractivity contribution is 0.315. The molecule has 2 aliphatic rings. The normalized spacial score (nSPS) is 13.7. The van der Waals surface area contributed by atoms with E-state index >= 15 is 8.78 Å². The fourth-order valence-corrected chi connectivity index (χ4v) is 18.1. The Balaban J connectivity index is 1.18. The maximum Gasteiger partial charge on any atom is 0.150 e. The smallest absolute Gasteiger partial charge is 0.150 e. The van der Waals surface area contributed by atoms with Crippen LogP contribution in [0.5, 0.6) is 0 Å². The van der Waals surface area contributed by atoms with Gasteiger partial charge in [-0.25, -0.2) is 18.0 Å². The van der Waals surface area contributed by atoms with Gasteiger partial charge in [-0.3, -0.25) is 0 Å². The average Bonchev–Trinajstić information content (AvgIpc) is 1.50. The van der Waals surface area contributed by atoms with Crippen LogP contribution in [-0.4, -0.2) is 20.6 Å². The first-order chi connectivity index (χ1) is 46.3. The van der Waals surface area contributed by atoms with Crippen LogP contribution in [-0.2, 0) is 10.8 Å². The molecule has 0 unspecified atom stereocenters. The van der Waals surface area contributed by atoms with Crippen molar-refractivity contribution in [2.45, 2.75) is 424 Å². The average molecular weight is 1430 g/mol. The fourth-order valence-electron chi connectivity index (χ4n) is 17.2. The summed E-state index contributed by atoms with van der Waals surface area (Å²) in [6, 6.07) is 4.34. The zero-order valence-corrected chi connectivity index (χ0v) is 63.9. The topological polar surface area (TPSA) is 77.8 Å². The second kappa shape index (κ2) is 45.8. The van der Waals surface area contributed by atoms with Gasteiger partial charge in [-0.15, -0.1) is 0 Å². The third kappa shape index (κ3) is 23.2. The molecular formula is C84H134Br2F2N4O2. The number of hydrogen-bond donors (Lipinski definition) is 0. The molecule has 7 rings (SSSR count). The Labute approximate surface area is 589 Å². The van der Waals surface area contributed by atoms with Crippen LogP contribution in [0.3, 0.4) is 0 Å². The van der Waals surface area contributed by atoms with Crippen molar-refractivity contribution in [1.29, 1.82) is 0 Å². The summed E-state index contributed by atoms with van der Waals surface area (Å²) in [5, 5.41) is 18.2. The van der Waals surface area contributed by atoms with Crippen molar-refractivity contribution in [2.75, 3.05) is 0 Å². The van der Waals surface area contributed by atoms with Gasteiger partial charge in [0.2, 0.25) is 0 Å². The van der Waals surface area contributed by atoms with Gasteiger partial charge < -0.3 is 0 Å². The lowest BCUT2D eigenvalue weighted by atomic mass is 9.68. The van der Waals surface area contributed by atoms with E-state index in [2.05, 4.69) is 92.3 Å². The van der Waals surface area contributed by atoms with Gasteiger partial charge in [-0.1, -0.05) is 387 Å². The molecule has 0 radical (unpaired) electrons. The Hall–Kier alpha value is -2.72. The second-order valence-corrected chi connectivity index (χ2v) is 31.9. The number of nitrogens with zero attached hydrogens (tertiary/aromatic N) is 4. The SMILES string of the molecule is CCCCCCCCCCCCCCCCC1(CCCCCCCCCCCCCCCC)c2cc(Br)c3nonc3c2-c2c(F)c3c(c(F)c21)-c1c(cc(Br)c2nonc12)C3(CCCCCCCCCCCCCCCC)CCCCCCCCCCCCCCCC. The first-order valence-corrected chi connectivity index (χ1v) is 42.4. The van der Waals surface area contributed by atoms with Crippen LogP contribution in [0.25, 0.3) is 44.3 Å². The Kier molecular flexibility index (Phi) is 38.3. The second-order valence-electron chi connectivity index (χ2n) is 30.2. The Morgan fingerprint density at radius 2 is 0.447 bits per heavy atom. The van der Waals surface area contributed by atoms with Crippen LogP contribution >= 0.6 is 31.9 Å². The van der Waals surface area contributed by atoms with Gasteiger partial charge in [0.15, 0.2) is 0 Å². The number of rotatable bonds is 60. The van der Waals surface area contributed by atoms with E-state index in [1.165, 1.54) is 283 Å². The zero-order chi connectivity index (χ0) is 66.3. The number of benzene rings is 3. The highest BCUT2D eigenvalue weighted by Gasteiger charge is 2.55. The zero-order valence-electron chi connectivity index (χ0n) is 60.7. The molecule has 3 aromatic carbocycles. The molecule has 5 aromatic rings. The third-order valence-corrected chi connectivity index (χ3v) is 23.9. The van der Waals surface area contributed by atoms with Crippen molar-refractivity contribution >= 4 is 53.9 Å². The van der Waals surface area contributed by atoms with E-state index < -0.39 is 10.8 Å². The summed E-state index contributed by atoms with van der Waals surface area (Å²) in [6.45, 7) is 9.18. The van der Waals surface area contributed by atoms with Crippen LogP contribution in [0, 0.1) is 11.6 Å². The van der Waals surface area contributed by atoms with Gasteiger partial charge in [-0.2, -0.15) is 0 Å². The number of halogens is 4. The summed E-state index contributed by atoms with van der Waals surface area (Å²) in [4.78, 5) is 0. The molecule has 0 bridgehead atoms. The maximum atomic E-state index is 19.9. The molecule has 10 heteroatoms. The molecule has 2 aliphatic carbocycles. The number of fused-ring (bicyclic) bond motifs is 10. The van der Waals surface area contributed by atoms with E-state index in [4.69, 9.17) is 9.26 Å². The molecule has 0 spiro atoms. The Bertz CT molecular complexity index is 2590. The summed E-state index contributed by atoms with van der Waals surface area (Å²) in [6.07, 6.45) is 74.2. The molecule has 2 heterocycles. The summed E-state index contributed by atoms with van der Waals surface area (Å²) < 4.78 is 52.7. The van der Waals surface area contributed by atoms with Gasteiger partial charge in [0.25, 0.3) is 0 Å². The first-order valence-electron chi connectivity index (χ1n) is 40.8. The Morgan fingerprint density at radius 1 is 0.266 bits per heavy atom. The van der Waals surface area contributed by atoms with Gasteiger partial charge in [-0.05, 0) is 101 Å². The van der Waals surface area contributed by atoms with Crippen molar-refractivity contribution in [3.63, 3.8) is 0 Å². The number of unbranched alkanes of at least 4 members (excludes halogenated alkanes) is 52. The predicted molar refractivity (Wildman–Crippen MR) is 405 cm³/mol. The summed E-state index contributed by atoms with van der Waals surface area (Å²) in [7, 11) is 0. The van der Waals surface area contributed by atoms with Crippen LogP contribution in [0.1, 0.15) is 435 Å². The largest absolute Gasteiger partial charge is 0.243 e. The first kappa shape index (κ1) is 78.6. The summed E-state index contributed by atoms with van der Waals surface area (Å²) >= 11 is 7.89. The van der Waals surface area contributed by atoms with E-state index in [9.17, 15) is 0 Å². The van der Waals surface area contributed by atoms with Gasteiger partial charge in [0, 0.05) is 53.2 Å². The highest BCUT2D eigenvalue weighted by Crippen LogP contribution is 2.65. The van der Waals surface area contributed by atoms with E-state index in [-0.39, 0.29) is 11.6 Å². The quantitative estimate of drug-likeness (QED) is 0.0361. The lowest BCUT2D eigenvalue weighted by Gasteiger charge is -2.35. The van der Waals surface area contributed by atoms with Gasteiger partial charge in [0.1, 0.15) is 33.7 Å². The van der Waals surface area contributed by atoms with Crippen LogP contribution < -0.4 is 0 Å². The van der Waals surface area contributed by atoms with E-state index in [1.54, 1.807) is 0 Å². The molecule has 2 aromatic heterocycles. The monoisotopic (exact) mass is 1430 g/mol. The molecule has 0 atom stereocenters. The molecule has 0 saturated heterocycles. The molecule has 0 aliphatic heterocycles. The predicted octanol–water partition coefficient (Wildman–Crippen LogP) is 30.6. The molecule has 0 N–H and O–H groups in total. The Morgan fingerprint density at radius 3 is 0.649 bits per heavy atom. The van der Waals surface area contributed by atoms with Crippen molar-refractivity contribution in [2.24, 2.45) is 0 Å². The van der Waals surface area contributed by atoms with E-state index in [0.717, 1.165) is 123 Å². The molecule has 94 heavy (non-hydrogen) atoms. The number of hydrogen-bond acceptors (Lipinski definition) is 6. The van der Waals surface area contributed by atoms with Crippen molar-refractivity contribution in [3.8, 4) is 22.3 Å². The van der Waals surface area contributed by atoms with Crippen LogP contribution in [0.15, 0.2) is 30.3 Å². The standard InChI is InChI=1S/C84H134Br2F2N4O2/c1-5-9-13-17-21-25-29-33-37-41-45-49-53-57-61-83(62-58-54-50-46-42-38-34-30-26-22-18-14-10-6-2)67-65-69(85)79-81(91-93-89-79)71(67)73-75(83)77(87)74-72-68(66-70(86)80-82(72)92-94-90-80)84(76(74)78(73)88,63-59-55-51-47-43-39-35-31-27-23-19-15-11-7-3)64-60-56-52-48-44-40-36-32-28-24-20-16-12-8-4/h65-66H,5-64H2,1-4H3. The highest BCUT2D eigenvalue weighted by atomic mass is 79.9. The molecular weight excluding hydrogens is 1290 g/mol. The highest BCUT2D eigenvalue weighted by molar-refractivity contribution is 9.11. The maximum absolute atomic E-state index is 19.9. The van der Waals surface area contributed by atoms with Gasteiger partial charge >= 0.3 is 0 Å². The van der Waals surface area contributed by atoms with Crippen molar-refractivity contribution in [3.05, 3.63) is 55.0 Å². The minimum atomic E-state index is -0.792. The molecule has 0 amide bonds. The molecule has 0 saturated carbocycles. The lowest BCUT2D eigenvalue weighted by Crippen LogP contribution is -2.29. The van der Waals surface area contributed by atoms with E-state index in [1.807, 2.05) is 0 Å². The number of aromatic nitrogens is 4. The summed E-state index contributed by atoms with van der Waals surface area (Å²) in [5.41, 5.74) is 5.80. The summed E-state index contributed by atoms with van der Waals surface area (Å²) in [5.74, 6) is -0.563. The fraction of sp³-hybridized carbons (Fsp3) is 0.786. The van der Waals surface area contributed by atoms with Crippen LogP contribution in [0.4, 0.5) is 8.78 Å². The molecule has 0 fully saturated rings. The molecule has 6 nitrogen and oxygen atoms in total. The minimum Gasteiger partial charge on any atom is -0.243 e. The van der Waals surface area contributed by atoms with Gasteiger partial charge in [0.05, 0.1) is 0 Å². The molecule has 530 valence electrons. The third-order valence-electron chi connectivity index (χ3n) is 22.7.